The molecule has 0 bridgehead atoms. The highest BCUT2D eigenvalue weighted by molar-refractivity contribution is 5.77. The van der Waals surface area contributed by atoms with E-state index in [9.17, 15) is 42.6 Å². The molecule has 0 saturated carbocycles. The highest BCUT2D eigenvalue weighted by Crippen LogP contribution is 2.38. The molecule has 0 saturated heterocycles. The lowest BCUT2D eigenvalue weighted by Crippen LogP contribution is -2.43. The number of aliphatic hydroxyl groups is 1. The number of nitrogens with zero attached hydrogens (tertiary/aromatic N) is 4. The molecule has 3 rings (SSSR count). The monoisotopic (exact) mass is 794 g/mol. The number of aliphatic carboxylic acids is 1. The minimum absolute atomic E-state index is 0.0846. The maximum Gasteiger partial charge on any atom is 0.306 e. The van der Waals surface area contributed by atoms with Gasteiger partial charge in [0.15, 0.2) is 11.9 Å². The van der Waals surface area contributed by atoms with Crippen molar-refractivity contribution in [2.45, 2.75) is 129 Å². The third-order valence-corrected chi connectivity index (χ3v) is 8.90. The van der Waals surface area contributed by atoms with Crippen LogP contribution in [-0.2, 0) is 45.5 Å². The predicted octanol–water partition coefficient (Wildman–Crippen LogP) is 5.13. The van der Waals surface area contributed by atoms with E-state index < -0.39 is 65.4 Å². The number of halogens is 3. The topological polar surface area (TPSA) is 194 Å². The van der Waals surface area contributed by atoms with E-state index in [-0.39, 0.29) is 57.0 Å². The molecular weight excluding hydrogens is 739 g/mol. The molecule has 0 aliphatic carbocycles. The Bertz CT molecular complexity index is 1540. The van der Waals surface area contributed by atoms with Crippen molar-refractivity contribution in [3.05, 3.63) is 59.6 Å². The van der Waals surface area contributed by atoms with Crippen LogP contribution in [0.5, 0.6) is 0 Å². The number of nitrogens with one attached hydrogen (secondary N) is 1. The van der Waals surface area contributed by atoms with Crippen molar-refractivity contribution >= 4 is 30.1 Å². The number of hydrogen-bond donors (Lipinski definition) is 2. The summed E-state index contributed by atoms with van der Waals surface area (Å²) in [6.45, 7) is 5.22. The van der Waals surface area contributed by atoms with E-state index in [1.165, 1.54) is 17.3 Å². The van der Waals surface area contributed by atoms with Crippen molar-refractivity contribution in [2.75, 3.05) is 19.9 Å². The van der Waals surface area contributed by atoms with Crippen LogP contribution in [0.2, 0.25) is 0 Å². The largest absolute Gasteiger partial charge is 0.550 e. The minimum Gasteiger partial charge on any atom is -0.550 e. The first-order valence-corrected chi connectivity index (χ1v) is 19.1. The first-order valence-electron chi connectivity index (χ1n) is 19.1. The van der Waals surface area contributed by atoms with Gasteiger partial charge in [-0.15, -0.1) is 0 Å². The van der Waals surface area contributed by atoms with Crippen molar-refractivity contribution in [1.29, 1.82) is 0 Å². The van der Waals surface area contributed by atoms with Gasteiger partial charge in [0.1, 0.15) is 49.8 Å². The zero-order valence-corrected chi connectivity index (χ0v) is 32.5. The molecular formula is C39H55F3N5O9-. The van der Waals surface area contributed by atoms with Gasteiger partial charge in [-0.3, -0.25) is 19.4 Å². The summed E-state index contributed by atoms with van der Waals surface area (Å²) < 4.78 is 58.6. The molecule has 14 nitrogen and oxygen atoms in total. The fraction of sp³-hybridized carbons (Fsp3) is 0.615. The third kappa shape index (κ3) is 17.8. The summed E-state index contributed by atoms with van der Waals surface area (Å²) in [5.41, 5.74) is -1.99. The van der Waals surface area contributed by atoms with E-state index in [2.05, 4.69) is 34.2 Å². The standard InChI is InChI=1S/C23H40O8.C16H16F3N5O/c1-3-5-7-9-11-13-21(26)29-17-19(31-23(28)16-15-20(24)25)18-30-22(27)14-12-10-8-6-4-2;1-10(15-14(19)5-20-7-22-15)16(25,6-24-9-21-8-23-24)12-3-2-11(17)4-13(12)18/h19H,3-18H2,1-2H3,(H,24,25);2-5,8-10,22,25H,6-7H2,1H3/p-1/t;10-,16+/m.0/s1. The first kappa shape index (κ1) is 47.4. The average Bonchev–Trinajstić information content (AvgIpc) is 3.67. The first-order chi connectivity index (χ1) is 26.8. The molecule has 1 aliphatic heterocycles. The molecule has 17 heteroatoms. The summed E-state index contributed by atoms with van der Waals surface area (Å²) in [6.07, 6.45) is 12.3. The van der Waals surface area contributed by atoms with E-state index in [0.29, 0.717) is 6.07 Å². The molecule has 312 valence electrons. The van der Waals surface area contributed by atoms with Crippen LogP contribution in [-0.4, -0.2) is 75.9 Å². The van der Waals surface area contributed by atoms with Crippen LogP contribution in [0.15, 0.2) is 47.4 Å². The molecule has 0 unspecified atom stereocenters. The highest BCUT2D eigenvalue weighted by Gasteiger charge is 2.42. The Balaban J connectivity index is 0.000000393. The molecule has 1 aromatic heterocycles. The SMILES string of the molecule is CCCCCCCC(=O)OCC(COC(=O)CCCCCCC)OC(=O)CCC(=O)[O-].C[C@@H](C1=C(F)C=NCN1)[C@](O)(Cn1cncn1)c1ccc(F)cc1F. The van der Waals surface area contributed by atoms with Crippen LogP contribution in [0.25, 0.3) is 0 Å². The molecule has 1 aliphatic rings. The normalized spacial score (nSPS) is 13.9. The fourth-order valence-corrected chi connectivity index (χ4v) is 5.69. The molecule has 0 amide bonds. The number of carboxylic acids is 1. The van der Waals surface area contributed by atoms with Gasteiger partial charge in [-0.1, -0.05) is 78.2 Å². The Hall–Kier alpha value is -4.80. The van der Waals surface area contributed by atoms with Gasteiger partial charge in [0.2, 0.25) is 0 Å². The van der Waals surface area contributed by atoms with Gasteiger partial charge in [0.25, 0.3) is 0 Å². The number of esters is 3. The number of carbonyl (C=O) groups is 4. The third-order valence-electron chi connectivity index (χ3n) is 8.90. The van der Waals surface area contributed by atoms with Crippen molar-refractivity contribution in [3.8, 4) is 0 Å². The summed E-state index contributed by atoms with van der Waals surface area (Å²) in [6, 6.07) is 2.86. The smallest absolute Gasteiger partial charge is 0.306 e. The average molecular weight is 795 g/mol. The Kier molecular flexibility index (Phi) is 22.1. The number of aliphatic imine (C=N–C) groups is 1. The molecule has 2 N–H and O–H groups in total. The predicted molar refractivity (Wildman–Crippen MR) is 197 cm³/mol. The van der Waals surface area contributed by atoms with E-state index >= 15 is 0 Å². The number of aromatic nitrogens is 3. The molecule has 0 fully saturated rings. The van der Waals surface area contributed by atoms with Gasteiger partial charge in [-0.25, -0.2) is 22.8 Å². The maximum absolute atomic E-state index is 14.4. The van der Waals surface area contributed by atoms with Crippen LogP contribution in [0.1, 0.15) is 116 Å². The molecule has 2 heterocycles. The number of carboxylic acid groups (broad SMARTS) is 1. The summed E-state index contributed by atoms with van der Waals surface area (Å²) in [5.74, 6) is -6.21. The molecule has 2 atom stereocenters. The van der Waals surface area contributed by atoms with E-state index in [1.54, 1.807) is 6.92 Å². The van der Waals surface area contributed by atoms with Crippen LogP contribution >= 0.6 is 0 Å². The number of carbonyl (C=O) groups excluding carboxylic acids is 4. The van der Waals surface area contributed by atoms with Crippen molar-refractivity contribution in [1.82, 2.24) is 20.1 Å². The van der Waals surface area contributed by atoms with E-state index in [4.69, 9.17) is 14.2 Å². The molecule has 2 aromatic rings. The van der Waals surface area contributed by atoms with Gasteiger partial charge < -0.3 is 34.5 Å². The van der Waals surface area contributed by atoms with Gasteiger partial charge in [0, 0.05) is 36.4 Å². The van der Waals surface area contributed by atoms with Gasteiger partial charge in [0.05, 0.1) is 24.9 Å². The Morgan fingerprint density at radius 3 is 2.02 bits per heavy atom. The minimum atomic E-state index is -1.91. The lowest BCUT2D eigenvalue weighted by atomic mass is 9.79. The Morgan fingerprint density at radius 1 is 0.893 bits per heavy atom. The second-order valence-corrected chi connectivity index (χ2v) is 13.4. The number of hydrogen-bond acceptors (Lipinski definition) is 13. The number of ether oxygens (including phenoxy) is 3. The second kappa shape index (κ2) is 26.1. The Labute approximate surface area is 325 Å². The Morgan fingerprint density at radius 2 is 1.50 bits per heavy atom. The zero-order valence-electron chi connectivity index (χ0n) is 32.5. The maximum atomic E-state index is 14.4. The van der Waals surface area contributed by atoms with Crippen molar-refractivity contribution in [3.63, 3.8) is 0 Å². The summed E-state index contributed by atoms with van der Waals surface area (Å²) in [7, 11) is 0. The lowest BCUT2D eigenvalue weighted by molar-refractivity contribution is -0.305. The second-order valence-electron chi connectivity index (χ2n) is 13.4. The lowest BCUT2D eigenvalue weighted by Gasteiger charge is -2.36. The number of rotatable bonds is 25. The van der Waals surface area contributed by atoms with Crippen LogP contribution < -0.4 is 10.4 Å². The van der Waals surface area contributed by atoms with E-state index in [0.717, 1.165) is 82.6 Å². The fourth-order valence-electron chi connectivity index (χ4n) is 5.69. The summed E-state index contributed by atoms with van der Waals surface area (Å²) in [5, 5.41) is 28.5. The van der Waals surface area contributed by atoms with E-state index in [1.807, 2.05) is 0 Å². The van der Waals surface area contributed by atoms with Crippen LogP contribution in [0.3, 0.4) is 0 Å². The van der Waals surface area contributed by atoms with Crippen LogP contribution in [0, 0.1) is 17.6 Å². The quantitative estimate of drug-likeness (QED) is 0.0766. The zero-order chi connectivity index (χ0) is 41.3. The summed E-state index contributed by atoms with van der Waals surface area (Å²) in [4.78, 5) is 53.6. The van der Waals surface area contributed by atoms with Crippen molar-refractivity contribution < 1.29 is 56.8 Å². The number of unbranched alkanes of at least 4 members (excludes halogenated alkanes) is 8. The number of allylic oxidation sites excluding steroid dienone is 1. The number of benzene rings is 1. The molecule has 0 spiro atoms. The van der Waals surface area contributed by atoms with Crippen LogP contribution in [0.4, 0.5) is 13.2 Å². The molecule has 0 radical (unpaired) electrons. The summed E-state index contributed by atoms with van der Waals surface area (Å²) >= 11 is 0. The molecule has 56 heavy (non-hydrogen) atoms. The highest BCUT2D eigenvalue weighted by atomic mass is 19.1. The van der Waals surface area contributed by atoms with Gasteiger partial charge in [-0.2, -0.15) is 5.10 Å². The van der Waals surface area contributed by atoms with Crippen molar-refractivity contribution in [2.24, 2.45) is 10.9 Å². The molecule has 1 aromatic carbocycles. The van der Waals surface area contributed by atoms with Gasteiger partial charge >= 0.3 is 17.9 Å². The van der Waals surface area contributed by atoms with Gasteiger partial charge in [-0.05, 0) is 25.3 Å².